The summed E-state index contributed by atoms with van der Waals surface area (Å²) in [5.74, 6) is -0.868. The zero-order chi connectivity index (χ0) is 28.7. The third kappa shape index (κ3) is 7.22. The van der Waals surface area contributed by atoms with Crippen LogP contribution in [0.3, 0.4) is 0 Å². The highest BCUT2D eigenvalue weighted by atomic mass is 16.2. The molecular formula is C29H37N5O5. The molecule has 2 aromatic carbocycles. The molecule has 0 aliphatic carbocycles. The first-order valence-electron chi connectivity index (χ1n) is 13.0. The van der Waals surface area contributed by atoms with E-state index >= 15 is 0 Å². The van der Waals surface area contributed by atoms with E-state index in [1.807, 2.05) is 32.0 Å². The maximum atomic E-state index is 13.6. The van der Waals surface area contributed by atoms with Gasteiger partial charge in [0.05, 0.1) is 0 Å². The van der Waals surface area contributed by atoms with Crippen molar-refractivity contribution >= 4 is 41.5 Å². The molecular weight excluding hydrogens is 498 g/mol. The molecule has 2 atom stereocenters. The monoisotopic (exact) mass is 535 g/mol. The van der Waals surface area contributed by atoms with Gasteiger partial charge in [-0.2, -0.15) is 0 Å². The van der Waals surface area contributed by atoms with Crippen molar-refractivity contribution in [2.24, 2.45) is 5.92 Å². The van der Waals surface area contributed by atoms with Crippen LogP contribution in [0.5, 0.6) is 0 Å². The lowest BCUT2D eigenvalue weighted by molar-refractivity contribution is -0.139. The first-order valence-corrected chi connectivity index (χ1v) is 13.0. The van der Waals surface area contributed by atoms with Gasteiger partial charge in [-0.05, 0) is 62.9 Å². The molecule has 10 heteroatoms. The van der Waals surface area contributed by atoms with E-state index in [4.69, 9.17) is 0 Å². The Morgan fingerprint density at radius 2 is 1.51 bits per heavy atom. The zero-order valence-electron chi connectivity index (χ0n) is 23.1. The Morgan fingerprint density at radius 1 is 0.923 bits per heavy atom. The summed E-state index contributed by atoms with van der Waals surface area (Å²) in [5.41, 5.74) is 0.811. The molecule has 39 heavy (non-hydrogen) atoms. The van der Waals surface area contributed by atoms with Gasteiger partial charge < -0.3 is 25.6 Å². The molecule has 0 saturated carbocycles. The lowest BCUT2D eigenvalue weighted by Gasteiger charge is -2.28. The minimum Gasteiger partial charge on any atom is -0.351 e. The highest BCUT2D eigenvalue weighted by Gasteiger charge is 2.54. The molecule has 208 valence electrons. The Kier molecular flexibility index (Phi) is 9.45. The molecule has 1 saturated heterocycles. The number of aldehydes is 1. The number of hydrogen-bond donors (Lipinski definition) is 3. The van der Waals surface area contributed by atoms with Gasteiger partial charge in [0.1, 0.15) is 17.9 Å². The smallest absolute Gasteiger partial charge is 0.328 e. The fourth-order valence-corrected chi connectivity index (χ4v) is 4.42. The van der Waals surface area contributed by atoms with E-state index in [1.165, 1.54) is 4.90 Å². The van der Waals surface area contributed by atoms with E-state index in [9.17, 15) is 24.0 Å². The van der Waals surface area contributed by atoms with Gasteiger partial charge in [-0.15, -0.1) is 0 Å². The standard InChI is InChI=1S/C29H37N5O5/c1-19(2)17-24(25(36)30-20(3)15-16-35)34-26(37)29(4,5)33(28(34)39)18-21-11-13-23(14-12-21)32-27(38)31-22-9-7-6-8-10-22/h6-14,16,19-20,24H,15,17-18H2,1-5H3,(H,30,36)(H2,31,32,38)/t20-,24+/m1/s1. The molecule has 1 heterocycles. The first-order chi connectivity index (χ1) is 18.4. The lowest BCUT2D eigenvalue weighted by Crippen LogP contribution is -2.53. The van der Waals surface area contributed by atoms with Gasteiger partial charge in [-0.3, -0.25) is 9.59 Å². The lowest BCUT2D eigenvalue weighted by atomic mass is 9.99. The Hall–Kier alpha value is -4.21. The molecule has 2 aromatic rings. The van der Waals surface area contributed by atoms with Crippen LogP contribution in [0, 0.1) is 5.92 Å². The van der Waals surface area contributed by atoms with Crippen molar-refractivity contribution in [3.05, 3.63) is 60.2 Å². The largest absolute Gasteiger partial charge is 0.351 e. The highest BCUT2D eigenvalue weighted by Crippen LogP contribution is 2.32. The fourth-order valence-electron chi connectivity index (χ4n) is 4.42. The van der Waals surface area contributed by atoms with Crippen LogP contribution in [0.15, 0.2) is 54.6 Å². The van der Waals surface area contributed by atoms with Crippen molar-refractivity contribution in [3.8, 4) is 0 Å². The van der Waals surface area contributed by atoms with Crippen molar-refractivity contribution in [2.75, 3.05) is 10.6 Å². The number of carbonyl (C=O) groups is 5. The van der Waals surface area contributed by atoms with Gasteiger partial charge in [-0.25, -0.2) is 14.5 Å². The third-order valence-corrected chi connectivity index (χ3v) is 6.59. The summed E-state index contributed by atoms with van der Waals surface area (Å²) in [7, 11) is 0. The van der Waals surface area contributed by atoms with Crippen LogP contribution in [0.2, 0.25) is 0 Å². The molecule has 0 radical (unpaired) electrons. The average molecular weight is 536 g/mol. The number of hydrogen-bond acceptors (Lipinski definition) is 5. The summed E-state index contributed by atoms with van der Waals surface area (Å²) in [6.07, 6.45) is 1.15. The van der Waals surface area contributed by atoms with Crippen molar-refractivity contribution in [2.45, 2.75) is 71.6 Å². The summed E-state index contributed by atoms with van der Waals surface area (Å²) in [5, 5.41) is 8.27. The number of anilines is 2. The summed E-state index contributed by atoms with van der Waals surface area (Å²) in [6, 6.07) is 13.7. The van der Waals surface area contributed by atoms with Gasteiger partial charge in [0.25, 0.3) is 5.91 Å². The molecule has 0 bridgehead atoms. The molecule has 1 aliphatic heterocycles. The summed E-state index contributed by atoms with van der Waals surface area (Å²) >= 11 is 0. The summed E-state index contributed by atoms with van der Waals surface area (Å²) < 4.78 is 0. The van der Waals surface area contributed by atoms with Gasteiger partial charge >= 0.3 is 12.1 Å². The van der Waals surface area contributed by atoms with Crippen LogP contribution in [0.1, 0.15) is 53.0 Å². The number of imide groups is 1. The molecule has 0 aromatic heterocycles. The fraction of sp³-hybridized carbons (Fsp3) is 0.414. The predicted molar refractivity (Wildman–Crippen MR) is 149 cm³/mol. The number of rotatable bonds is 11. The van der Waals surface area contributed by atoms with E-state index in [1.54, 1.807) is 57.2 Å². The van der Waals surface area contributed by atoms with E-state index in [0.717, 1.165) is 16.7 Å². The Morgan fingerprint density at radius 3 is 2.08 bits per heavy atom. The van der Waals surface area contributed by atoms with E-state index in [-0.39, 0.29) is 24.9 Å². The molecule has 0 unspecified atom stereocenters. The zero-order valence-corrected chi connectivity index (χ0v) is 23.1. The Bertz CT molecular complexity index is 1200. The van der Waals surface area contributed by atoms with Crippen LogP contribution < -0.4 is 16.0 Å². The van der Waals surface area contributed by atoms with Gasteiger partial charge in [0.2, 0.25) is 5.91 Å². The molecule has 1 fully saturated rings. The molecule has 3 N–H and O–H groups in total. The van der Waals surface area contributed by atoms with Crippen molar-refractivity contribution in [1.82, 2.24) is 15.1 Å². The number of para-hydroxylation sites is 1. The minimum absolute atomic E-state index is 0.0408. The second-order valence-electron chi connectivity index (χ2n) is 10.7. The minimum atomic E-state index is -1.17. The van der Waals surface area contributed by atoms with Gasteiger partial charge in [0, 0.05) is 30.4 Å². The number of nitrogens with zero attached hydrogens (tertiary/aromatic N) is 2. The van der Waals surface area contributed by atoms with Crippen molar-refractivity contribution in [3.63, 3.8) is 0 Å². The number of urea groups is 2. The average Bonchev–Trinajstić information content (AvgIpc) is 3.03. The normalized spacial score (nSPS) is 16.2. The summed E-state index contributed by atoms with van der Waals surface area (Å²) in [4.78, 5) is 65.8. The van der Waals surface area contributed by atoms with Crippen LogP contribution in [-0.4, -0.2) is 57.6 Å². The Balaban J connectivity index is 1.73. The molecule has 1 aliphatic rings. The third-order valence-electron chi connectivity index (χ3n) is 6.59. The molecule has 6 amide bonds. The molecule has 0 spiro atoms. The molecule has 10 nitrogen and oxygen atoms in total. The molecule has 3 rings (SSSR count). The van der Waals surface area contributed by atoms with E-state index in [0.29, 0.717) is 17.8 Å². The SMILES string of the molecule is CC(C)C[C@@H](C(=O)N[C@H](C)CC=O)N1C(=O)N(Cc2ccc(NC(=O)Nc3ccccc3)cc2)C(C)(C)C1=O. The van der Waals surface area contributed by atoms with Gasteiger partial charge in [0.15, 0.2) is 0 Å². The van der Waals surface area contributed by atoms with Crippen LogP contribution >= 0.6 is 0 Å². The highest BCUT2D eigenvalue weighted by molar-refractivity contribution is 6.09. The van der Waals surface area contributed by atoms with Crippen LogP contribution in [0.25, 0.3) is 0 Å². The quantitative estimate of drug-likeness (QED) is 0.291. The van der Waals surface area contributed by atoms with E-state index < -0.39 is 35.5 Å². The van der Waals surface area contributed by atoms with Crippen LogP contribution in [-0.2, 0) is 20.9 Å². The number of nitrogens with one attached hydrogen (secondary N) is 3. The van der Waals surface area contributed by atoms with Crippen LogP contribution in [0.4, 0.5) is 21.0 Å². The first kappa shape index (κ1) is 29.3. The second kappa shape index (κ2) is 12.6. The number of carbonyl (C=O) groups excluding carboxylic acids is 5. The Labute approximate surface area is 229 Å². The van der Waals surface area contributed by atoms with E-state index in [2.05, 4.69) is 16.0 Å². The predicted octanol–water partition coefficient (Wildman–Crippen LogP) is 4.38. The topological polar surface area (TPSA) is 128 Å². The second-order valence-corrected chi connectivity index (χ2v) is 10.7. The number of benzene rings is 2. The van der Waals surface area contributed by atoms with Gasteiger partial charge in [-0.1, -0.05) is 44.2 Å². The summed E-state index contributed by atoms with van der Waals surface area (Å²) in [6.45, 7) is 9.00. The number of amides is 6. The van der Waals surface area contributed by atoms with Crippen molar-refractivity contribution < 1.29 is 24.0 Å². The maximum absolute atomic E-state index is 13.6. The maximum Gasteiger partial charge on any atom is 0.328 e. The van der Waals surface area contributed by atoms with Crippen molar-refractivity contribution in [1.29, 1.82) is 0 Å².